The minimum Gasteiger partial charge on any atom is -0.487 e. The first kappa shape index (κ1) is 14.5. The summed E-state index contributed by atoms with van der Waals surface area (Å²) in [5.41, 5.74) is 2.63. The summed E-state index contributed by atoms with van der Waals surface area (Å²) in [7, 11) is 0. The molecule has 0 saturated carbocycles. The van der Waals surface area contributed by atoms with Crippen molar-refractivity contribution in [2.75, 3.05) is 49.1 Å². The molecule has 0 aromatic heterocycles. The lowest BCUT2D eigenvalue weighted by Crippen LogP contribution is -2.46. The van der Waals surface area contributed by atoms with Gasteiger partial charge < -0.3 is 19.9 Å². The van der Waals surface area contributed by atoms with Crippen molar-refractivity contribution in [2.45, 2.75) is 26.9 Å². The molecule has 4 nitrogen and oxygen atoms in total. The molecule has 1 aromatic rings. The fraction of sp³-hybridized carbons (Fsp3) is 0.647. The largest absolute Gasteiger partial charge is 0.487 e. The summed E-state index contributed by atoms with van der Waals surface area (Å²) >= 11 is 0. The smallest absolute Gasteiger partial charge is 0.145 e. The minimum atomic E-state index is 0.259. The number of piperazine rings is 1. The Kier molecular flexibility index (Phi) is 4.24. The van der Waals surface area contributed by atoms with Gasteiger partial charge in [0, 0.05) is 32.7 Å². The van der Waals surface area contributed by atoms with Crippen molar-refractivity contribution in [3.05, 3.63) is 18.2 Å². The number of hydrogen-bond acceptors (Lipinski definition) is 4. The Morgan fingerprint density at radius 3 is 2.76 bits per heavy atom. The van der Waals surface area contributed by atoms with Crippen LogP contribution >= 0.6 is 0 Å². The Morgan fingerprint density at radius 1 is 1.29 bits per heavy atom. The monoisotopic (exact) mass is 289 g/mol. The summed E-state index contributed by atoms with van der Waals surface area (Å²) in [6.45, 7) is 13.1. The number of nitrogens with one attached hydrogen (secondary N) is 1. The van der Waals surface area contributed by atoms with Crippen LogP contribution in [0.1, 0.15) is 20.8 Å². The lowest BCUT2D eigenvalue weighted by Gasteiger charge is -2.40. The van der Waals surface area contributed by atoms with Gasteiger partial charge in [-0.3, -0.25) is 0 Å². The van der Waals surface area contributed by atoms with Gasteiger partial charge in [-0.05, 0) is 25.0 Å². The van der Waals surface area contributed by atoms with Crippen molar-refractivity contribution in [3.63, 3.8) is 0 Å². The Labute approximate surface area is 128 Å². The molecular weight excluding hydrogens is 262 g/mol. The molecule has 0 aliphatic carbocycles. The third kappa shape index (κ3) is 3.10. The third-order valence-corrected chi connectivity index (χ3v) is 4.14. The molecule has 3 rings (SSSR count). The van der Waals surface area contributed by atoms with Gasteiger partial charge in [-0.15, -0.1) is 0 Å². The van der Waals surface area contributed by atoms with Crippen molar-refractivity contribution >= 4 is 11.4 Å². The second kappa shape index (κ2) is 6.14. The van der Waals surface area contributed by atoms with Crippen LogP contribution in [0.4, 0.5) is 11.4 Å². The Balaban J connectivity index is 1.96. The Morgan fingerprint density at radius 2 is 2.05 bits per heavy atom. The van der Waals surface area contributed by atoms with Gasteiger partial charge >= 0.3 is 0 Å². The highest BCUT2D eigenvalue weighted by atomic mass is 16.5. The molecule has 4 heteroatoms. The van der Waals surface area contributed by atoms with Crippen LogP contribution in [0, 0.1) is 5.92 Å². The topological polar surface area (TPSA) is 27.7 Å². The van der Waals surface area contributed by atoms with Crippen LogP contribution in [0.3, 0.4) is 0 Å². The number of benzene rings is 1. The molecular formula is C17H27N3O. The fourth-order valence-electron chi connectivity index (χ4n) is 3.35. The molecule has 2 aliphatic rings. The number of rotatable bonds is 3. The number of para-hydroxylation sites is 1. The second-order valence-corrected chi connectivity index (χ2v) is 6.59. The van der Waals surface area contributed by atoms with E-state index in [9.17, 15) is 0 Å². The average Bonchev–Trinajstić information content (AvgIpc) is 2.46. The standard InChI is InChI=1S/C17H27N3O/c1-13(2)11-20-12-14(3)21-16-6-4-5-15(17(16)20)19-9-7-18-8-10-19/h4-6,13-14,18H,7-12H2,1-3H3. The third-order valence-electron chi connectivity index (χ3n) is 4.14. The SMILES string of the molecule is CC(C)CN1CC(C)Oc2cccc(N3CCNCC3)c21. The van der Waals surface area contributed by atoms with Crippen molar-refractivity contribution in [2.24, 2.45) is 5.92 Å². The summed E-state index contributed by atoms with van der Waals surface area (Å²) in [5.74, 6) is 1.70. The molecule has 1 unspecified atom stereocenters. The lowest BCUT2D eigenvalue weighted by atomic mass is 10.1. The van der Waals surface area contributed by atoms with E-state index in [4.69, 9.17) is 4.74 Å². The van der Waals surface area contributed by atoms with Crippen LogP contribution in [0.15, 0.2) is 18.2 Å². The number of fused-ring (bicyclic) bond motifs is 1. The van der Waals surface area contributed by atoms with Gasteiger partial charge in [0.2, 0.25) is 0 Å². The van der Waals surface area contributed by atoms with Crippen LogP contribution in [-0.2, 0) is 0 Å². The van der Waals surface area contributed by atoms with Gasteiger partial charge in [-0.25, -0.2) is 0 Å². The Hall–Kier alpha value is -1.42. The molecule has 0 bridgehead atoms. The predicted octanol–water partition coefficient (Wildman–Crippen LogP) is 2.34. The maximum atomic E-state index is 6.09. The number of hydrogen-bond donors (Lipinski definition) is 1. The summed E-state index contributed by atoms with van der Waals surface area (Å²) in [6.07, 6.45) is 0.259. The number of ether oxygens (including phenoxy) is 1. The molecule has 0 amide bonds. The van der Waals surface area contributed by atoms with Crippen LogP contribution in [0.5, 0.6) is 5.75 Å². The fourth-order valence-corrected chi connectivity index (χ4v) is 3.35. The molecule has 116 valence electrons. The van der Waals surface area contributed by atoms with Gasteiger partial charge in [0.05, 0.1) is 12.2 Å². The maximum Gasteiger partial charge on any atom is 0.145 e. The molecule has 0 spiro atoms. The van der Waals surface area contributed by atoms with E-state index < -0.39 is 0 Å². The van der Waals surface area contributed by atoms with Gasteiger partial charge in [0.1, 0.15) is 17.5 Å². The first-order valence-electron chi connectivity index (χ1n) is 8.15. The lowest BCUT2D eigenvalue weighted by molar-refractivity contribution is 0.211. The highest BCUT2D eigenvalue weighted by molar-refractivity contribution is 5.78. The van der Waals surface area contributed by atoms with E-state index in [2.05, 4.69) is 54.1 Å². The van der Waals surface area contributed by atoms with Crippen molar-refractivity contribution in [1.29, 1.82) is 0 Å². The Bertz CT molecular complexity index is 483. The molecule has 1 N–H and O–H groups in total. The molecule has 1 aromatic carbocycles. The number of nitrogens with zero attached hydrogens (tertiary/aromatic N) is 2. The zero-order valence-corrected chi connectivity index (χ0v) is 13.4. The van der Waals surface area contributed by atoms with Crippen molar-refractivity contribution in [1.82, 2.24) is 5.32 Å². The van der Waals surface area contributed by atoms with E-state index in [0.717, 1.165) is 45.0 Å². The highest BCUT2D eigenvalue weighted by Gasteiger charge is 2.28. The minimum absolute atomic E-state index is 0.259. The first-order chi connectivity index (χ1) is 10.1. The number of anilines is 2. The average molecular weight is 289 g/mol. The molecule has 1 atom stereocenters. The zero-order chi connectivity index (χ0) is 14.8. The van der Waals surface area contributed by atoms with Gasteiger partial charge in [-0.2, -0.15) is 0 Å². The van der Waals surface area contributed by atoms with E-state index in [0.29, 0.717) is 5.92 Å². The van der Waals surface area contributed by atoms with Gasteiger partial charge in [0.25, 0.3) is 0 Å². The molecule has 2 aliphatic heterocycles. The van der Waals surface area contributed by atoms with E-state index in [1.165, 1.54) is 11.4 Å². The summed E-state index contributed by atoms with van der Waals surface area (Å²) in [5, 5.41) is 3.43. The second-order valence-electron chi connectivity index (χ2n) is 6.59. The molecule has 1 fully saturated rings. The van der Waals surface area contributed by atoms with E-state index in [1.807, 2.05) is 0 Å². The van der Waals surface area contributed by atoms with Crippen LogP contribution < -0.4 is 19.9 Å². The molecule has 2 heterocycles. The molecule has 1 saturated heterocycles. The van der Waals surface area contributed by atoms with Crippen molar-refractivity contribution in [3.8, 4) is 5.75 Å². The maximum absolute atomic E-state index is 6.09. The van der Waals surface area contributed by atoms with Crippen LogP contribution in [-0.4, -0.2) is 45.4 Å². The highest BCUT2D eigenvalue weighted by Crippen LogP contribution is 2.42. The summed E-state index contributed by atoms with van der Waals surface area (Å²) in [6, 6.07) is 6.49. The normalized spacial score (nSPS) is 22.2. The summed E-state index contributed by atoms with van der Waals surface area (Å²) in [4.78, 5) is 5.01. The summed E-state index contributed by atoms with van der Waals surface area (Å²) < 4.78 is 6.09. The molecule has 0 radical (unpaired) electrons. The van der Waals surface area contributed by atoms with Gasteiger partial charge in [0.15, 0.2) is 0 Å². The predicted molar refractivity (Wildman–Crippen MR) is 88.7 cm³/mol. The zero-order valence-electron chi connectivity index (χ0n) is 13.4. The van der Waals surface area contributed by atoms with E-state index in [-0.39, 0.29) is 6.10 Å². The van der Waals surface area contributed by atoms with E-state index in [1.54, 1.807) is 0 Å². The van der Waals surface area contributed by atoms with Crippen LogP contribution in [0.2, 0.25) is 0 Å². The quantitative estimate of drug-likeness (QED) is 0.924. The van der Waals surface area contributed by atoms with E-state index >= 15 is 0 Å². The van der Waals surface area contributed by atoms with Crippen LogP contribution in [0.25, 0.3) is 0 Å². The first-order valence-corrected chi connectivity index (χ1v) is 8.15. The van der Waals surface area contributed by atoms with Gasteiger partial charge in [-0.1, -0.05) is 19.9 Å². The van der Waals surface area contributed by atoms with Crippen molar-refractivity contribution < 1.29 is 4.74 Å². The molecule has 21 heavy (non-hydrogen) atoms.